The molecule has 1 aromatic heterocycles. The summed E-state index contributed by atoms with van der Waals surface area (Å²) >= 11 is 0. The van der Waals surface area contributed by atoms with E-state index in [0.717, 1.165) is 43.5 Å². The Kier molecular flexibility index (Phi) is 10.1. The highest BCUT2D eigenvalue weighted by Crippen LogP contribution is 2.17. The van der Waals surface area contributed by atoms with Gasteiger partial charge in [-0.3, -0.25) is 9.89 Å². The molecule has 2 aliphatic heterocycles. The predicted octanol–water partition coefficient (Wildman–Crippen LogP) is 4.15. The van der Waals surface area contributed by atoms with Crippen molar-refractivity contribution in [2.24, 2.45) is 4.99 Å². The lowest BCUT2D eigenvalue weighted by molar-refractivity contribution is 0.221. The van der Waals surface area contributed by atoms with Crippen molar-refractivity contribution in [1.82, 2.24) is 20.5 Å². The van der Waals surface area contributed by atoms with Gasteiger partial charge in [-0.2, -0.15) is 0 Å². The molecule has 3 heterocycles. The largest absolute Gasteiger partial charge is 0.357 e. The van der Waals surface area contributed by atoms with Gasteiger partial charge in [0.05, 0.1) is 0 Å². The number of likely N-dealkylation sites (tertiary alicyclic amines) is 1. The topological polar surface area (TPSA) is 55.8 Å². The van der Waals surface area contributed by atoms with Crippen LogP contribution in [0.1, 0.15) is 48.8 Å². The Morgan fingerprint density at radius 2 is 1.41 bits per heavy atom. The van der Waals surface area contributed by atoms with Crippen LogP contribution in [0.15, 0.2) is 47.6 Å². The molecule has 2 N–H and O–H groups in total. The quantitative estimate of drug-likeness (QED) is 0.310. The van der Waals surface area contributed by atoms with Gasteiger partial charge in [-0.1, -0.05) is 36.8 Å². The standard InChI is InChI=1S/C25H36N6.HI/c1-26-25(29-19-23-11-12-24(27-18-23)31-15-5-6-16-31)28-17-21-7-9-22(10-8-21)20-30-13-3-2-4-14-30;/h7-12,18H,2-6,13-17,19-20H2,1H3,(H2,26,28,29);1H. The van der Waals surface area contributed by atoms with E-state index in [9.17, 15) is 0 Å². The van der Waals surface area contributed by atoms with Gasteiger partial charge >= 0.3 is 0 Å². The molecule has 7 heteroatoms. The smallest absolute Gasteiger partial charge is 0.191 e. The molecule has 2 saturated heterocycles. The van der Waals surface area contributed by atoms with Gasteiger partial charge in [-0.15, -0.1) is 24.0 Å². The summed E-state index contributed by atoms with van der Waals surface area (Å²) in [6.45, 7) is 7.27. The Hall–Kier alpha value is -1.87. The number of nitrogens with zero attached hydrogens (tertiary/aromatic N) is 4. The molecule has 0 bridgehead atoms. The van der Waals surface area contributed by atoms with Crippen LogP contribution < -0.4 is 15.5 Å². The minimum absolute atomic E-state index is 0. The summed E-state index contributed by atoms with van der Waals surface area (Å²) in [4.78, 5) is 13.9. The van der Waals surface area contributed by atoms with Crippen LogP contribution >= 0.6 is 24.0 Å². The van der Waals surface area contributed by atoms with Crippen molar-refractivity contribution in [3.05, 3.63) is 59.3 Å². The normalized spacial score (nSPS) is 17.2. The third kappa shape index (κ3) is 7.33. The zero-order valence-corrected chi connectivity index (χ0v) is 21.6. The van der Waals surface area contributed by atoms with Crippen molar-refractivity contribution in [3.63, 3.8) is 0 Å². The zero-order chi connectivity index (χ0) is 21.3. The van der Waals surface area contributed by atoms with E-state index in [0.29, 0.717) is 6.54 Å². The van der Waals surface area contributed by atoms with Gasteiger partial charge in [0.25, 0.3) is 0 Å². The van der Waals surface area contributed by atoms with Crippen molar-refractivity contribution in [1.29, 1.82) is 0 Å². The number of anilines is 1. The number of hydrogen-bond donors (Lipinski definition) is 2. The molecule has 0 amide bonds. The highest BCUT2D eigenvalue weighted by Gasteiger charge is 2.13. The zero-order valence-electron chi connectivity index (χ0n) is 19.2. The molecule has 6 nitrogen and oxygen atoms in total. The molecule has 0 atom stereocenters. The number of benzene rings is 1. The lowest BCUT2D eigenvalue weighted by Crippen LogP contribution is -2.36. The Labute approximate surface area is 209 Å². The van der Waals surface area contributed by atoms with E-state index in [1.54, 1.807) is 0 Å². The van der Waals surface area contributed by atoms with E-state index < -0.39 is 0 Å². The van der Waals surface area contributed by atoms with Crippen LogP contribution in [0.25, 0.3) is 0 Å². The first kappa shape index (κ1) is 24.8. The molecule has 0 unspecified atom stereocenters. The minimum Gasteiger partial charge on any atom is -0.357 e. The summed E-state index contributed by atoms with van der Waals surface area (Å²) in [7, 11) is 1.81. The molecule has 32 heavy (non-hydrogen) atoms. The molecule has 1 aromatic carbocycles. The number of rotatable bonds is 7. The fourth-order valence-corrected chi connectivity index (χ4v) is 4.38. The van der Waals surface area contributed by atoms with Gasteiger partial charge in [-0.25, -0.2) is 4.98 Å². The maximum atomic E-state index is 4.63. The molecule has 4 rings (SSSR count). The van der Waals surface area contributed by atoms with Crippen LogP contribution in [0, 0.1) is 0 Å². The number of halogens is 1. The molecule has 0 spiro atoms. The number of piperidine rings is 1. The van der Waals surface area contributed by atoms with E-state index in [-0.39, 0.29) is 24.0 Å². The van der Waals surface area contributed by atoms with E-state index in [2.05, 4.69) is 66.8 Å². The molecule has 0 saturated carbocycles. The Bertz CT molecular complexity index is 825. The lowest BCUT2D eigenvalue weighted by Gasteiger charge is -2.26. The first-order chi connectivity index (χ1) is 15.3. The van der Waals surface area contributed by atoms with Gasteiger partial charge in [-0.05, 0) is 61.5 Å². The van der Waals surface area contributed by atoms with Crippen molar-refractivity contribution in [2.45, 2.75) is 51.7 Å². The van der Waals surface area contributed by atoms with Crippen LogP contribution in [0.2, 0.25) is 0 Å². The first-order valence-corrected chi connectivity index (χ1v) is 11.7. The van der Waals surface area contributed by atoms with Gasteiger partial charge in [0.1, 0.15) is 5.82 Å². The van der Waals surface area contributed by atoms with E-state index in [4.69, 9.17) is 0 Å². The third-order valence-electron chi connectivity index (χ3n) is 6.26. The van der Waals surface area contributed by atoms with Crippen LogP contribution in [0.3, 0.4) is 0 Å². The molecule has 174 valence electrons. The molecule has 2 aromatic rings. The number of aromatic nitrogens is 1. The summed E-state index contributed by atoms with van der Waals surface area (Å²) < 4.78 is 0. The number of aliphatic imine (C=N–C) groups is 1. The van der Waals surface area contributed by atoms with Crippen molar-refractivity contribution in [2.75, 3.05) is 38.1 Å². The first-order valence-electron chi connectivity index (χ1n) is 11.7. The van der Waals surface area contributed by atoms with Crippen LogP contribution in [-0.4, -0.2) is 49.1 Å². The van der Waals surface area contributed by atoms with Crippen molar-refractivity contribution in [3.8, 4) is 0 Å². The summed E-state index contributed by atoms with van der Waals surface area (Å²) in [6, 6.07) is 13.2. The second-order valence-electron chi connectivity index (χ2n) is 8.65. The number of nitrogens with one attached hydrogen (secondary N) is 2. The monoisotopic (exact) mass is 548 g/mol. The van der Waals surface area contributed by atoms with Crippen molar-refractivity contribution >= 4 is 35.8 Å². The highest BCUT2D eigenvalue weighted by atomic mass is 127. The molecule has 0 aliphatic carbocycles. The molecule has 2 fully saturated rings. The van der Waals surface area contributed by atoms with E-state index in [1.807, 2.05) is 13.2 Å². The Morgan fingerprint density at radius 1 is 0.812 bits per heavy atom. The number of hydrogen-bond acceptors (Lipinski definition) is 4. The maximum absolute atomic E-state index is 4.63. The lowest BCUT2D eigenvalue weighted by atomic mass is 10.1. The predicted molar refractivity (Wildman–Crippen MR) is 144 cm³/mol. The fraction of sp³-hybridized carbons (Fsp3) is 0.520. The molecular formula is C25H37IN6. The number of pyridine rings is 1. The maximum Gasteiger partial charge on any atom is 0.191 e. The minimum atomic E-state index is 0. The van der Waals surface area contributed by atoms with Gasteiger partial charge in [0.2, 0.25) is 0 Å². The second kappa shape index (κ2) is 13.0. The summed E-state index contributed by atoms with van der Waals surface area (Å²) in [6.07, 6.45) is 8.58. The van der Waals surface area contributed by atoms with Crippen LogP contribution in [0.5, 0.6) is 0 Å². The third-order valence-corrected chi connectivity index (χ3v) is 6.26. The van der Waals surface area contributed by atoms with Gasteiger partial charge in [0.15, 0.2) is 5.96 Å². The summed E-state index contributed by atoms with van der Waals surface area (Å²) in [5.74, 6) is 1.90. The Morgan fingerprint density at radius 3 is 2.03 bits per heavy atom. The number of guanidine groups is 1. The van der Waals surface area contributed by atoms with Gasteiger partial charge in [0, 0.05) is 46.0 Å². The SMILES string of the molecule is CN=C(NCc1ccc(CN2CCCCC2)cc1)NCc1ccc(N2CCCC2)nc1.I. The highest BCUT2D eigenvalue weighted by molar-refractivity contribution is 14.0. The van der Waals surface area contributed by atoms with Crippen LogP contribution in [-0.2, 0) is 19.6 Å². The summed E-state index contributed by atoms with van der Waals surface area (Å²) in [5.41, 5.74) is 3.83. The molecular weight excluding hydrogens is 511 g/mol. The van der Waals surface area contributed by atoms with Crippen LogP contribution in [0.4, 0.5) is 5.82 Å². The van der Waals surface area contributed by atoms with E-state index >= 15 is 0 Å². The average molecular weight is 549 g/mol. The molecule has 0 radical (unpaired) electrons. The average Bonchev–Trinajstić information content (AvgIpc) is 3.36. The van der Waals surface area contributed by atoms with Crippen molar-refractivity contribution < 1.29 is 0 Å². The fourth-order valence-electron chi connectivity index (χ4n) is 4.38. The van der Waals surface area contributed by atoms with Gasteiger partial charge < -0.3 is 15.5 Å². The second-order valence-corrected chi connectivity index (χ2v) is 8.65. The van der Waals surface area contributed by atoms with E-state index in [1.165, 1.54) is 56.3 Å². The molecule has 2 aliphatic rings. The summed E-state index contributed by atoms with van der Waals surface area (Å²) in [5, 5.41) is 6.80. The Balaban J connectivity index is 0.00000289.